The third kappa shape index (κ3) is 6.83. The summed E-state index contributed by atoms with van der Waals surface area (Å²) in [7, 11) is 4.78. The predicted molar refractivity (Wildman–Crippen MR) is 112 cm³/mol. The molecule has 3 nitrogen and oxygen atoms in total. The summed E-state index contributed by atoms with van der Waals surface area (Å²) >= 11 is 0. The maximum atomic E-state index is 10.6. The average molecular weight is 365 g/mol. The lowest BCUT2D eigenvalue weighted by atomic mass is 9.92. The summed E-state index contributed by atoms with van der Waals surface area (Å²) in [6, 6.07) is 0. The highest BCUT2D eigenvalue weighted by molar-refractivity contribution is 4.76. The third-order valence-electron chi connectivity index (χ3n) is 7.02. The number of aliphatic hydroxyl groups excluding tert-OH is 1. The fraction of sp³-hybridized carbons (Fsp3) is 0.826. The molecule has 4 unspecified atom stereocenters. The van der Waals surface area contributed by atoms with Crippen LogP contribution < -0.4 is 0 Å². The molecule has 0 aliphatic carbocycles. The van der Waals surface area contributed by atoms with Crippen molar-refractivity contribution in [3.8, 4) is 0 Å². The topological polar surface area (TPSA) is 20.2 Å². The molecular formula is C23H44N2O+2. The molecule has 26 heavy (non-hydrogen) atoms. The monoisotopic (exact) mass is 364 g/mol. The first-order valence-corrected chi connectivity index (χ1v) is 10.9. The Kier molecular flexibility index (Phi) is 8.38. The van der Waals surface area contributed by atoms with Crippen LogP contribution >= 0.6 is 0 Å². The molecule has 1 N–H and O–H groups in total. The quantitative estimate of drug-likeness (QED) is 0.459. The predicted octanol–water partition coefficient (Wildman–Crippen LogP) is 3.99. The summed E-state index contributed by atoms with van der Waals surface area (Å²) in [6.07, 6.45) is 13.6. The molecule has 2 saturated heterocycles. The van der Waals surface area contributed by atoms with E-state index >= 15 is 0 Å². The van der Waals surface area contributed by atoms with Gasteiger partial charge in [-0.15, -0.1) is 13.2 Å². The zero-order valence-electron chi connectivity index (χ0n) is 17.5. The summed E-state index contributed by atoms with van der Waals surface area (Å²) < 4.78 is 2.28. The van der Waals surface area contributed by atoms with Gasteiger partial charge in [0, 0.05) is 24.7 Å². The van der Waals surface area contributed by atoms with Gasteiger partial charge in [-0.1, -0.05) is 12.2 Å². The number of hydrogen-bond donors (Lipinski definition) is 1. The van der Waals surface area contributed by atoms with Crippen molar-refractivity contribution in [3.63, 3.8) is 0 Å². The normalized spacial score (nSPS) is 36.4. The molecule has 2 rings (SSSR count). The zero-order valence-corrected chi connectivity index (χ0v) is 17.5. The molecule has 0 aromatic carbocycles. The van der Waals surface area contributed by atoms with E-state index in [1.165, 1.54) is 51.9 Å². The van der Waals surface area contributed by atoms with Crippen LogP contribution in [-0.4, -0.2) is 73.5 Å². The van der Waals surface area contributed by atoms with E-state index in [1.807, 2.05) is 0 Å². The maximum Gasteiger partial charge on any atom is 0.0816 e. The largest absolute Gasteiger partial charge is 0.393 e. The molecule has 0 aromatic rings. The van der Waals surface area contributed by atoms with Crippen LogP contribution in [0.3, 0.4) is 0 Å². The number of piperidine rings is 2. The molecule has 2 fully saturated rings. The molecule has 0 saturated carbocycles. The molecule has 4 atom stereocenters. The first kappa shape index (κ1) is 21.7. The summed E-state index contributed by atoms with van der Waals surface area (Å²) in [6.45, 7) is 15.1. The van der Waals surface area contributed by atoms with Crippen LogP contribution in [-0.2, 0) is 0 Å². The SMILES string of the molecule is C=CCC1CCC[N+](C)(CCC(O)CC[N+]2(C)CCCC(CC=C)C2)C1. The average Bonchev–Trinajstić information content (AvgIpc) is 2.59. The molecular weight excluding hydrogens is 320 g/mol. The van der Waals surface area contributed by atoms with Gasteiger partial charge in [-0.25, -0.2) is 0 Å². The van der Waals surface area contributed by atoms with Gasteiger partial charge in [-0.3, -0.25) is 0 Å². The van der Waals surface area contributed by atoms with Gasteiger partial charge in [0.25, 0.3) is 0 Å². The molecule has 0 spiro atoms. The van der Waals surface area contributed by atoms with E-state index in [0.717, 1.165) is 59.6 Å². The molecule has 150 valence electrons. The van der Waals surface area contributed by atoms with Crippen molar-refractivity contribution in [2.24, 2.45) is 11.8 Å². The molecule has 0 aromatic heterocycles. The molecule has 2 aliphatic heterocycles. The fourth-order valence-electron chi connectivity index (χ4n) is 5.46. The summed E-state index contributed by atoms with van der Waals surface area (Å²) in [4.78, 5) is 0. The molecule has 0 radical (unpaired) electrons. The minimum Gasteiger partial charge on any atom is -0.393 e. The standard InChI is InChI=1S/C23H44N2O/c1-5-9-21-11-7-15-24(3,19-21)17-13-23(26)14-18-25(4)16-8-12-22(20-25)10-6-2/h5-6,21-23,26H,1-2,7-20H2,3-4H3/q+2. The van der Waals surface area contributed by atoms with E-state index in [1.54, 1.807) is 0 Å². The number of likely N-dealkylation sites (tertiary alicyclic amines) is 2. The van der Waals surface area contributed by atoms with E-state index in [2.05, 4.69) is 39.4 Å². The highest BCUT2D eigenvalue weighted by atomic mass is 16.3. The number of quaternary nitrogens is 2. The van der Waals surface area contributed by atoms with Crippen LogP contribution in [0.2, 0.25) is 0 Å². The number of allylic oxidation sites excluding steroid dienone is 2. The lowest BCUT2D eigenvalue weighted by Gasteiger charge is -2.43. The van der Waals surface area contributed by atoms with Gasteiger partial charge >= 0.3 is 0 Å². The van der Waals surface area contributed by atoms with Gasteiger partial charge in [0.1, 0.15) is 0 Å². The van der Waals surface area contributed by atoms with Crippen LogP contribution in [0.1, 0.15) is 51.4 Å². The molecule has 0 amide bonds. The number of nitrogens with zero attached hydrogens (tertiary/aromatic N) is 2. The van der Waals surface area contributed by atoms with Gasteiger partial charge < -0.3 is 14.1 Å². The second-order valence-electron chi connectivity index (χ2n) is 9.80. The Labute approximate surface area is 162 Å². The van der Waals surface area contributed by atoms with Gasteiger partial charge in [-0.05, 0) is 38.5 Å². The first-order valence-electron chi connectivity index (χ1n) is 10.9. The van der Waals surface area contributed by atoms with Gasteiger partial charge in [0.05, 0.1) is 59.5 Å². The summed E-state index contributed by atoms with van der Waals surface area (Å²) in [5.74, 6) is 1.59. The zero-order chi connectivity index (χ0) is 19.0. The Morgan fingerprint density at radius 1 is 0.885 bits per heavy atom. The van der Waals surface area contributed by atoms with Crippen LogP contribution in [0.5, 0.6) is 0 Å². The van der Waals surface area contributed by atoms with Crippen molar-refractivity contribution < 1.29 is 14.1 Å². The van der Waals surface area contributed by atoms with Crippen molar-refractivity contribution in [1.82, 2.24) is 0 Å². The number of hydrogen-bond acceptors (Lipinski definition) is 1. The van der Waals surface area contributed by atoms with Gasteiger partial charge in [0.2, 0.25) is 0 Å². The van der Waals surface area contributed by atoms with Crippen LogP contribution in [0.4, 0.5) is 0 Å². The van der Waals surface area contributed by atoms with Crippen LogP contribution in [0.15, 0.2) is 25.3 Å². The van der Waals surface area contributed by atoms with Crippen molar-refractivity contribution >= 4 is 0 Å². The Morgan fingerprint density at radius 2 is 1.31 bits per heavy atom. The lowest BCUT2D eigenvalue weighted by Crippen LogP contribution is -2.53. The van der Waals surface area contributed by atoms with Crippen molar-refractivity contribution in [2.45, 2.75) is 57.5 Å². The highest BCUT2D eigenvalue weighted by Gasteiger charge is 2.33. The van der Waals surface area contributed by atoms with E-state index in [0.29, 0.717) is 0 Å². The van der Waals surface area contributed by atoms with E-state index in [-0.39, 0.29) is 6.10 Å². The van der Waals surface area contributed by atoms with Gasteiger partial charge in [0.15, 0.2) is 0 Å². The highest BCUT2D eigenvalue weighted by Crippen LogP contribution is 2.27. The number of aliphatic hydroxyl groups is 1. The second kappa shape index (κ2) is 10.1. The molecule has 2 aliphatic rings. The Morgan fingerprint density at radius 3 is 1.69 bits per heavy atom. The van der Waals surface area contributed by atoms with Crippen LogP contribution in [0.25, 0.3) is 0 Å². The number of rotatable bonds is 10. The third-order valence-corrected chi connectivity index (χ3v) is 7.02. The Balaban J connectivity index is 1.73. The second-order valence-corrected chi connectivity index (χ2v) is 9.80. The van der Waals surface area contributed by atoms with Crippen molar-refractivity contribution in [2.75, 3.05) is 53.4 Å². The fourth-order valence-corrected chi connectivity index (χ4v) is 5.46. The molecule has 3 heteroatoms. The van der Waals surface area contributed by atoms with Crippen LogP contribution in [0, 0.1) is 11.8 Å². The maximum absolute atomic E-state index is 10.6. The van der Waals surface area contributed by atoms with E-state index in [4.69, 9.17) is 0 Å². The minimum absolute atomic E-state index is 0.139. The van der Waals surface area contributed by atoms with Crippen molar-refractivity contribution in [1.29, 1.82) is 0 Å². The van der Waals surface area contributed by atoms with Crippen molar-refractivity contribution in [3.05, 3.63) is 25.3 Å². The van der Waals surface area contributed by atoms with Gasteiger partial charge in [-0.2, -0.15) is 0 Å². The molecule has 2 heterocycles. The first-order chi connectivity index (χ1) is 12.4. The molecule has 0 bridgehead atoms. The minimum atomic E-state index is -0.139. The summed E-state index contributed by atoms with van der Waals surface area (Å²) in [5, 5.41) is 10.6. The van der Waals surface area contributed by atoms with E-state index < -0.39 is 0 Å². The Hall–Kier alpha value is -0.640. The smallest absolute Gasteiger partial charge is 0.0816 e. The summed E-state index contributed by atoms with van der Waals surface area (Å²) in [5.41, 5.74) is 0. The Bertz CT molecular complexity index is 411. The lowest BCUT2D eigenvalue weighted by molar-refractivity contribution is -0.920. The van der Waals surface area contributed by atoms with E-state index in [9.17, 15) is 5.11 Å².